The van der Waals surface area contributed by atoms with Crippen molar-refractivity contribution in [3.63, 3.8) is 0 Å². The standard InChI is InChI=1S/C20H24N2O3S/c1-14-13-16(11-12-19(14)22(2)26(3,24)25)20(23)21-18-10-6-8-15-7-4-5-9-17(15)18/h4-5,7,9,11-13,18H,6,8,10H2,1-3H3,(H,21,23)/t18-/m0/s1. The van der Waals surface area contributed by atoms with Crippen molar-refractivity contribution in [1.82, 2.24) is 5.32 Å². The molecule has 0 fully saturated rings. The summed E-state index contributed by atoms with van der Waals surface area (Å²) < 4.78 is 24.7. The number of nitrogens with zero attached hydrogens (tertiary/aromatic N) is 1. The maximum absolute atomic E-state index is 12.7. The number of rotatable bonds is 4. The van der Waals surface area contributed by atoms with Crippen molar-refractivity contribution in [2.24, 2.45) is 0 Å². The van der Waals surface area contributed by atoms with E-state index in [2.05, 4.69) is 17.4 Å². The number of aryl methyl sites for hydroxylation is 2. The Hall–Kier alpha value is -2.34. The van der Waals surface area contributed by atoms with E-state index in [1.54, 1.807) is 18.2 Å². The summed E-state index contributed by atoms with van der Waals surface area (Å²) in [5.74, 6) is -0.136. The molecule has 0 spiro atoms. The van der Waals surface area contributed by atoms with E-state index in [1.807, 2.05) is 19.1 Å². The number of nitrogens with one attached hydrogen (secondary N) is 1. The summed E-state index contributed by atoms with van der Waals surface area (Å²) in [6, 6.07) is 13.3. The lowest BCUT2D eigenvalue weighted by Gasteiger charge is -2.26. The molecule has 1 atom stereocenters. The predicted octanol–water partition coefficient (Wildman–Crippen LogP) is 3.20. The molecule has 0 unspecified atom stereocenters. The van der Waals surface area contributed by atoms with Crippen molar-refractivity contribution in [3.8, 4) is 0 Å². The molecule has 0 heterocycles. The fourth-order valence-electron chi connectivity index (χ4n) is 3.47. The van der Waals surface area contributed by atoms with Gasteiger partial charge in [-0.25, -0.2) is 8.42 Å². The monoisotopic (exact) mass is 372 g/mol. The van der Waals surface area contributed by atoms with Crippen LogP contribution in [0.2, 0.25) is 0 Å². The van der Waals surface area contributed by atoms with Crippen LogP contribution in [0.1, 0.15) is 45.9 Å². The number of hydrogen-bond donors (Lipinski definition) is 1. The van der Waals surface area contributed by atoms with Gasteiger partial charge < -0.3 is 5.32 Å². The minimum absolute atomic E-state index is 0.0196. The van der Waals surface area contributed by atoms with Crippen molar-refractivity contribution in [3.05, 3.63) is 64.7 Å². The second kappa shape index (κ2) is 7.11. The van der Waals surface area contributed by atoms with Crippen LogP contribution in [0.3, 0.4) is 0 Å². The van der Waals surface area contributed by atoms with Crippen LogP contribution >= 0.6 is 0 Å². The summed E-state index contributed by atoms with van der Waals surface area (Å²) in [7, 11) is -1.82. The molecular weight excluding hydrogens is 348 g/mol. The molecule has 26 heavy (non-hydrogen) atoms. The molecule has 0 saturated carbocycles. The van der Waals surface area contributed by atoms with Gasteiger partial charge in [0.25, 0.3) is 5.91 Å². The molecule has 1 amide bonds. The number of hydrogen-bond acceptors (Lipinski definition) is 3. The highest BCUT2D eigenvalue weighted by atomic mass is 32.2. The SMILES string of the molecule is Cc1cc(C(=O)N[C@H]2CCCc3ccccc32)ccc1N(C)S(C)(=O)=O. The number of anilines is 1. The van der Waals surface area contributed by atoms with Gasteiger partial charge in [-0.05, 0) is 61.1 Å². The molecule has 2 aromatic rings. The van der Waals surface area contributed by atoms with E-state index in [1.165, 1.54) is 22.5 Å². The Kier molecular flexibility index (Phi) is 5.05. The summed E-state index contributed by atoms with van der Waals surface area (Å²) in [6.07, 6.45) is 4.19. The van der Waals surface area contributed by atoms with Gasteiger partial charge in [-0.3, -0.25) is 9.10 Å². The maximum Gasteiger partial charge on any atom is 0.251 e. The molecular formula is C20H24N2O3S. The molecule has 0 radical (unpaired) electrons. The Labute approximate surface area is 155 Å². The van der Waals surface area contributed by atoms with Gasteiger partial charge in [0.1, 0.15) is 0 Å². The number of sulfonamides is 1. The van der Waals surface area contributed by atoms with Gasteiger partial charge in [-0.2, -0.15) is 0 Å². The highest BCUT2D eigenvalue weighted by Crippen LogP contribution is 2.30. The van der Waals surface area contributed by atoms with Gasteiger partial charge in [0.05, 0.1) is 18.0 Å². The normalized spacial score (nSPS) is 16.7. The van der Waals surface area contributed by atoms with Crippen LogP contribution in [0.5, 0.6) is 0 Å². The van der Waals surface area contributed by atoms with Crippen LogP contribution < -0.4 is 9.62 Å². The molecule has 0 aromatic heterocycles. The Morgan fingerprint density at radius 2 is 1.92 bits per heavy atom. The molecule has 0 saturated heterocycles. The Bertz CT molecular complexity index is 938. The summed E-state index contributed by atoms with van der Waals surface area (Å²) >= 11 is 0. The van der Waals surface area contributed by atoms with Crippen molar-refractivity contribution in [2.75, 3.05) is 17.6 Å². The van der Waals surface area contributed by atoms with Crippen molar-refractivity contribution in [1.29, 1.82) is 0 Å². The number of amides is 1. The lowest BCUT2D eigenvalue weighted by Crippen LogP contribution is -2.31. The molecule has 1 aliphatic rings. The number of carbonyl (C=O) groups excluding carboxylic acids is 1. The second-order valence-corrected chi connectivity index (χ2v) is 8.86. The Morgan fingerprint density at radius 3 is 2.62 bits per heavy atom. The van der Waals surface area contributed by atoms with E-state index < -0.39 is 10.0 Å². The van der Waals surface area contributed by atoms with Gasteiger partial charge in [0, 0.05) is 12.6 Å². The Balaban J connectivity index is 1.81. The maximum atomic E-state index is 12.7. The molecule has 0 aliphatic heterocycles. The quantitative estimate of drug-likeness (QED) is 0.896. The second-order valence-electron chi connectivity index (χ2n) is 6.85. The van der Waals surface area contributed by atoms with Crippen LogP contribution in [-0.4, -0.2) is 27.6 Å². The molecule has 0 bridgehead atoms. The van der Waals surface area contributed by atoms with Crippen LogP contribution in [0.4, 0.5) is 5.69 Å². The van der Waals surface area contributed by atoms with Gasteiger partial charge in [-0.15, -0.1) is 0 Å². The van der Waals surface area contributed by atoms with Gasteiger partial charge in [-0.1, -0.05) is 24.3 Å². The zero-order valence-corrected chi connectivity index (χ0v) is 16.1. The van der Waals surface area contributed by atoms with E-state index in [9.17, 15) is 13.2 Å². The topological polar surface area (TPSA) is 66.5 Å². The highest BCUT2D eigenvalue weighted by Gasteiger charge is 2.22. The highest BCUT2D eigenvalue weighted by molar-refractivity contribution is 7.92. The first kappa shape index (κ1) is 18.5. The van der Waals surface area contributed by atoms with Crippen molar-refractivity contribution < 1.29 is 13.2 Å². The number of benzene rings is 2. The zero-order valence-electron chi connectivity index (χ0n) is 15.3. The van der Waals surface area contributed by atoms with E-state index in [-0.39, 0.29) is 11.9 Å². The largest absolute Gasteiger partial charge is 0.345 e. The van der Waals surface area contributed by atoms with Crippen LogP contribution in [-0.2, 0) is 16.4 Å². The molecule has 138 valence electrons. The lowest BCUT2D eigenvalue weighted by atomic mass is 9.87. The van der Waals surface area contributed by atoms with Crippen LogP contribution in [0.25, 0.3) is 0 Å². The number of carbonyl (C=O) groups is 1. The first-order chi connectivity index (χ1) is 12.3. The molecule has 6 heteroatoms. The Morgan fingerprint density at radius 1 is 1.19 bits per heavy atom. The zero-order chi connectivity index (χ0) is 18.9. The average Bonchev–Trinajstić information content (AvgIpc) is 2.60. The van der Waals surface area contributed by atoms with Crippen molar-refractivity contribution >= 4 is 21.6 Å². The fraction of sp³-hybridized carbons (Fsp3) is 0.350. The summed E-state index contributed by atoms with van der Waals surface area (Å²) in [5, 5.41) is 3.13. The molecule has 3 rings (SSSR count). The molecule has 1 aliphatic carbocycles. The van der Waals surface area contributed by atoms with E-state index >= 15 is 0 Å². The molecule has 2 aromatic carbocycles. The third-order valence-corrected chi connectivity index (χ3v) is 6.16. The first-order valence-electron chi connectivity index (χ1n) is 8.70. The fourth-order valence-corrected chi connectivity index (χ4v) is 4.04. The van der Waals surface area contributed by atoms with Crippen LogP contribution in [0, 0.1) is 6.92 Å². The molecule has 5 nitrogen and oxygen atoms in total. The third-order valence-electron chi connectivity index (χ3n) is 4.97. The van der Waals surface area contributed by atoms with Gasteiger partial charge in [0.2, 0.25) is 10.0 Å². The van der Waals surface area contributed by atoms with Gasteiger partial charge >= 0.3 is 0 Å². The van der Waals surface area contributed by atoms with Crippen molar-refractivity contribution in [2.45, 2.75) is 32.2 Å². The summed E-state index contributed by atoms with van der Waals surface area (Å²) in [5.41, 5.74) is 4.35. The van der Waals surface area contributed by atoms with Crippen LogP contribution in [0.15, 0.2) is 42.5 Å². The number of fused-ring (bicyclic) bond motifs is 1. The minimum atomic E-state index is -3.33. The summed E-state index contributed by atoms with van der Waals surface area (Å²) in [6.45, 7) is 1.81. The van der Waals surface area contributed by atoms with E-state index in [0.717, 1.165) is 31.1 Å². The predicted molar refractivity (Wildman–Crippen MR) is 104 cm³/mol. The first-order valence-corrected chi connectivity index (χ1v) is 10.6. The smallest absolute Gasteiger partial charge is 0.251 e. The summed E-state index contributed by atoms with van der Waals surface area (Å²) in [4.78, 5) is 12.7. The average molecular weight is 372 g/mol. The van der Waals surface area contributed by atoms with Gasteiger partial charge in [0.15, 0.2) is 0 Å². The third kappa shape index (κ3) is 3.75. The molecule has 1 N–H and O–H groups in total. The lowest BCUT2D eigenvalue weighted by molar-refractivity contribution is 0.0932. The van der Waals surface area contributed by atoms with E-state index in [0.29, 0.717) is 11.3 Å². The van der Waals surface area contributed by atoms with E-state index in [4.69, 9.17) is 0 Å². The minimum Gasteiger partial charge on any atom is -0.345 e.